The Morgan fingerprint density at radius 1 is 1.69 bits per heavy atom. The number of hydrogen-bond acceptors (Lipinski definition) is 4. The fourth-order valence-corrected chi connectivity index (χ4v) is 0.868. The number of hydrogen-bond donors (Lipinski definition) is 2. The highest BCUT2D eigenvalue weighted by Crippen LogP contribution is 1.93. The van der Waals surface area contributed by atoms with E-state index in [2.05, 4.69) is 15.6 Å². The number of nitrogens with one attached hydrogen (secondary N) is 2. The van der Waals surface area contributed by atoms with Crippen LogP contribution in [0.2, 0.25) is 0 Å². The van der Waals surface area contributed by atoms with Crippen molar-refractivity contribution in [2.75, 3.05) is 20.1 Å². The van der Waals surface area contributed by atoms with Gasteiger partial charge in [-0.3, -0.25) is 4.79 Å². The van der Waals surface area contributed by atoms with E-state index in [0.717, 1.165) is 18.7 Å². The molecule has 0 aliphatic carbocycles. The third-order valence-corrected chi connectivity index (χ3v) is 1.61. The van der Waals surface area contributed by atoms with Crippen LogP contribution in [-0.2, 0) is 11.2 Å². The summed E-state index contributed by atoms with van der Waals surface area (Å²) < 4.78 is 4.80. The molecule has 5 nitrogen and oxygen atoms in total. The molecule has 1 aromatic heterocycles. The van der Waals surface area contributed by atoms with Crippen LogP contribution < -0.4 is 10.6 Å². The van der Waals surface area contributed by atoms with Gasteiger partial charge in [-0.1, -0.05) is 0 Å². The van der Waals surface area contributed by atoms with E-state index in [1.54, 1.807) is 13.3 Å². The minimum atomic E-state index is -0.0137. The van der Waals surface area contributed by atoms with Crippen LogP contribution in [0.1, 0.15) is 5.69 Å². The first-order valence-electron chi connectivity index (χ1n) is 4.11. The predicted molar refractivity (Wildman–Crippen MR) is 47.1 cm³/mol. The Morgan fingerprint density at radius 2 is 2.54 bits per heavy atom. The number of carbonyl (C=O) groups excluding carboxylic acids is 1. The van der Waals surface area contributed by atoms with Gasteiger partial charge in [0, 0.05) is 20.0 Å². The second-order valence-electron chi connectivity index (χ2n) is 2.58. The molecule has 0 fully saturated rings. The lowest BCUT2D eigenvalue weighted by atomic mass is 10.3. The van der Waals surface area contributed by atoms with E-state index in [-0.39, 0.29) is 5.91 Å². The highest BCUT2D eigenvalue weighted by atomic mass is 16.3. The Hall–Kier alpha value is -1.36. The van der Waals surface area contributed by atoms with Crippen LogP contribution in [-0.4, -0.2) is 31.0 Å². The van der Waals surface area contributed by atoms with Crippen LogP contribution in [0.5, 0.6) is 0 Å². The van der Waals surface area contributed by atoms with Gasteiger partial charge < -0.3 is 15.1 Å². The van der Waals surface area contributed by atoms with Crippen LogP contribution in [0.25, 0.3) is 0 Å². The molecule has 72 valence electrons. The van der Waals surface area contributed by atoms with Crippen molar-refractivity contribution >= 4 is 5.91 Å². The fraction of sp³-hybridized carbons (Fsp3) is 0.500. The lowest BCUT2D eigenvalue weighted by Gasteiger charge is -2.00. The average Bonchev–Trinajstić information content (AvgIpc) is 2.64. The van der Waals surface area contributed by atoms with Crippen LogP contribution in [0.15, 0.2) is 17.1 Å². The zero-order chi connectivity index (χ0) is 9.52. The van der Waals surface area contributed by atoms with Crippen molar-refractivity contribution in [1.29, 1.82) is 0 Å². The summed E-state index contributed by atoms with van der Waals surface area (Å²) in [5, 5.41) is 5.50. The lowest BCUT2D eigenvalue weighted by molar-refractivity contribution is -0.119. The molecule has 0 saturated carbocycles. The van der Waals surface area contributed by atoms with Crippen LogP contribution in [0.4, 0.5) is 0 Å². The van der Waals surface area contributed by atoms with Gasteiger partial charge in [-0.25, -0.2) is 4.98 Å². The Kier molecular flexibility index (Phi) is 3.98. The third-order valence-electron chi connectivity index (χ3n) is 1.61. The highest BCUT2D eigenvalue weighted by Gasteiger charge is 1.97. The van der Waals surface area contributed by atoms with E-state index in [0.29, 0.717) is 6.54 Å². The number of carbonyl (C=O) groups is 1. The molecule has 13 heavy (non-hydrogen) atoms. The first-order valence-corrected chi connectivity index (χ1v) is 4.11. The van der Waals surface area contributed by atoms with Crippen molar-refractivity contribution in [2.45, 2.75) is 6.42 Å². The Balaban J connectivity index is 2.05. The van der Waals surface area contributed by atoms with Gasteiger partial charge in [-0.05, 0) is 0 Å². The molecule has 1 heterocycles. The topological polar surface area (TPSA) is 67.2 Å². The van der Waals surface area contributed by atoms with Gasteiger partial charge in [0.15, 0.2) is 6.39 Å². The number of rotatable bonds is 5. The minimum absolute atomic E-state index is 0.0137. The molecule has 2 N–H and O–H groups in total. The van der Waals surface area contributed by atoms with Gasteiger partial charge in [0.2, 0.25) is 5.91 Å². The van der Waals surface area contributed by atoms with E-state index in [1.165, 1.54) is 6.39 Å². The average molecular weight is 183 g/mol. The molecule has 0 spiro atoms. The number of amides is 1. The van der Waals surface area contributed by atoms with Crippen molar-refractivity contribution in [1.82, 2.24) is 15.6 Å². The van der Waals surface area contributed by atoms with Crippen LogP contribution >= 0.6 is 0 Å². The van der Waals surface area contributed by atoms with Gasteiger partial charge >= 0.3 is 0 Å². The molecule has 1 aromatic rings. The standard InChI is InChI=1S/C8H13N3O2/c1-9-8(12)4-10-3-2-7-5-13-6-11-7/h5-6,10H,2-4H2,1H3,(H,9,12). The molecular formula is C8H13N3O2. The van der Waals surface area contributed by atoms with Crippen molar-refractivity contribution in [3.05, 3.63) is 18.4 Å². The van der Waals surface area contributed by atoms with Crippen molar-refractivity contribution in [3.8, 4) is 0 Å². The predicted octanol–water partition coefficient (Wildman–Crippen LogP) is -0.447. The van der Waals surface area contributed by atoms with Crippen LogP contribution in [0.3, 0.4) is 0 Å². The molecular weight excluding hydrogens is 170 g/mol. The van der Waals surface area contributed by atoms with Gasteiger partial charge in [-0.15, -0.1) is 0 Å². The minimum Gasteiger partial charge on any atom is -0.451 e. The first kappa shape index (κ1) is 9.73. The normalized spacial score (nSPS) is 9.92. The zero-order valence-electron chi connectivity index (χ0n) is 7.54. The quantitative estimate of drug-likeness (QED) is 0.607. The highest BCUT2D eigenvalue weighted by molar-refractivity contribution is 5.77. The summed E-state index contributed by atoms with van der Waals surface area (Å²) in [6, 6.07) is 0. The second kappa shape index (κ2) is 5.31. The van der Waals surface area contributed by atoms with E-state index in [9.17, 15) is 4.79 Å². The zero-order valence-corrected chi connectivity index (χ0v) is 7.54. The Bertz CT molecular complexity index is 246. The summed E-state index contributed by atoms with van der Waals surface area (Å²) in [5.74, 6) is -0.0137. The van der Waals surface area contributed by atoms with Gasteiger partial charge in [0.05, 0.1) is 12.2 Å². The molecule has 0 bridgehead atoms. The van der Waals surface area contributed by atoms with E-state index >= 15 is 0 Å². The second-order valence-corrected chi connectivity index (χ2v) is 2.58. The molecule has 0 unspecified atom stereocenters. The number of nitrogens with zero attached hydrogens (tertiary/aromatic N) is 1. The summed E-state index contributed by atoms with van der Waals surface area (Å²) in [6.07, 6.45) is 3.77. The Labute approximate surface area is 76.5 Å². The molecule has 0 atom stereocenters. The first-order chi connectivity index (χ1) is 6.33. The van der Waals surface area contributed by atoms with Crippen LogP contribution in [0, 0.1) is 0 Å². The summed E-state index contributed by atoms with van der Waals surface area (Å²) in [5.41, 5.74) is 0.893. The smallest absolute Gasteiger partial charge is 0.233 e. The van der Waals surface area contributed by atoms with Crippen molar-refractivity contribution in [2.24, 2.45) is 0 Å². The monoisotopic (exact) mass is 183 g/mol. The molecule has 0 aromatic carbocycles. The van der Waals surface area contributed by atoms with Crippen molar-refractivity contribution in [3.63, 3.8) is 0 Å². The van der Waals surface area contributed by atoms with E-state index in [1.807, 2.05) is 0 Å². The SMILES string of the molecule is CNC(=O)CNCCc1cocn1. The summed E-state index contributed by atoms with van der Waals surface area (Å²) in [6.45, 7) is 1.06. The molecule has 1 amide bonds. The van der Waals surface area contributed by atoms with E-state index < -0.39 is 0 Å². The van der Waals surface area contributed by atoms with Gasteiger partial charge in [0.1, 0.15) is 6.26 Å². The fourth-order valence-electron chi connectivity index (χ4n) is 0.868. The summed E-state index contributed by atoms with van der Waals surface area (Å²) >= 11 is 0. The maximum Gasteiger partial charge on any atom is 0.233 e. The number of likely N-dealkylation sites (N-methyl/N-ethyl adjacent to an activating group) is 1. The summed E-state index contributed by atoms with van der Waals surface area (Å²) in [7, 11) is 1.61. The van der Waals surface area contributed by atoms with E-state index in [4.69, 9.17) is 4.42 Å². The summed E-state index contributed by atoms with van der Waals surface area (Å²) in [4.78, 5) is 14.7. The van der Waals surface area contributed by atoms with Crippen molar-refractivity contribution < 1.29 is 9.21 Å². The Morgan fingerprint density at radius 3 is 3.15 bits per heavy atom. The van der Waals surface area contributed by atoms with Gasteiger partial charge in [-0.2, -0.15) is 0 Å². The lowest BCUT2D eigenvalue weighted by Crippen LogP contribution is -2.32. The number of oxazole rings is 1. The molecule has 0 saturated heterocycles. The van der Waals surface area contributed by atoms with Gasteiger partial charge in [0.25, 0.3) is 0 Å². The number of aromatic nitrogens is 1. The molecule has 0 aliphatic heterocycles. The third kappa shape index (κ3) is 3.71. The maximum absolute atomic E-state index is 10.8. The molecule has 0 radical (unpaired) electrons. The largest absolute Gasteiger partial charge is 0.451 e. The molecule has 0 aliphatic rings. The molecule has 5 heteroatoms. The molecule has 1 rings (SSSR count). The maximum atomic E-state index is 10.8.